The molecule has 0 atom stereocenters. The van der Waals surface area contributed by atoms with Crippen LogP contribution in [-0.4, -0.2) is 24.0 Å². The molecule has 0 aromatic heterocycles. The molecule has 0 bridgehead atoms. The van der Waals surface area contributed by atoms with Crippen LogP contribution in [0.5, 0.6) is 0 Å². The average molecular weight is 273 g/mol. The molecule has 0 heterocycles. The highest BCUT2D eigenvalue weighted by molar-refractivity contribution is 5.90. The Labute approximate surface area is 115 Å². The molecule has 2 N–H and O–H groups in total. The third-order valence-corrected chi connectivity index (χ3v) is 2.92. The third kappa shape index (κ3) is 3.68. The van der Waals surface area contributed by atoms with Gasteiger partial charge in [-0.15, -0.1) is 5.43 Å². The summed E-state index contributed by atoms with van der Waals surface area (Å²) in [6, 6.07) is 13.7. The Bertz CT molecular complexity index is 623. The first kappa shape index (κ1) is 13.8. The maximum Gasteiger partial charge on any atom is 0.224 e. The lowest BCUT2D eigenvalue weighted by atomic mass is 10.0. The van der Waals surface area contributed by atoms with E-state index < -0.39 is 5.03 Å². The number of nitrogens with one attached hydrogen (secondary N) is 2. The second kappa shape index (κ2) is 6.51. The predicted molar refractivity (Wildman–Crippen MR) is 75.7 cm³/mol. The van der Waals surface area contributed by atoms with Gasteiger partial charge in [0.05, 0.1) is 13.0 Å². The molecule has 20 heavy (non-hydrogen) atoms. The van der Waals surface area contributed by atoms with Crippen LogP contribution in [0, 0.1) is 10.1 Å². The van der Waals surface area contributed by atoms with E-state index in [1.54, 1.807) is 0 Å². The van der Waals surface area contributed by atoms with E-state index in [4.69, 9.17) is 0 Å². The maximum absolute atomic E-state index is 11.8. The number of carbonyl (C=O) groups excluding carboxylic acids is 1. The van der Waals surface area contributed by atoms with Crippen molar-refractivity contribution in [2.75, 3.05) is 13.1 Å². The van der Waals surface area contributed by atoms with Crippen LogP contribution in [0.15, 0.2) is 42.5 Å². The normalized spacial score (nSPS) is 10.2. The molecule has 2 aromatic rings. The van der Waals surface area contributed by atoms with Gasteiger partial charge in [-0.25, -0.2) is 10.1 Å². The van der Waals surface area contributed by atoms with Gasteiger partial charge < -0.3 is 5.32 Å². The molecule has 6 nitrogen and oxygen atoms in total. The third-order valence-electron chi connectivity index (χ3n) is 2.92. The fourth-order valence-electron chi connectivity index (χ4n) is 2.03. The lowest BCUT2D eigenvalue weighted by Crippen LogP contribution is -2.34. The zero-order chi connectivity index (χ0) is 14.4. The number of benzene rings is 2. The highest BCUT2D eigenvalue weighted by Crippen LogP contribution is 2.18. The second-order valence-corrected chi connectivity index (χ2v) is 4.33. The smallest absolute Gasteiger partial charge is 0.224 e. The number of hydrogen-bond acceptors (Lipinski definition) is 3. The predicted octanol–water partition coefficient (Wildman–Crippen LogP) is 1.28. The van der Waals surface area contributed by atoms with Crippen molar-refractivity contribution in [3.8, 4) is 0 Å². The summed E-state index contributed by atoms with van der Waals surface area (Å²) in [7, 11) is 0. The van der Waals surface area contributed by atoms with Crippen molar-refractivity contribution >= 4 is 16.7 Å². The van der Waals surface area contributed by atoms with E-state index in [0.717, 1.165) is 16.3 Å². The van der Waals surface area contributed by atoms with Crippen LogP contribution in [0.3, 0.4) is 0 Å². The summed E-state index contributed by atoms with van der Waals surface area (Å²) < 4.78 is 0. The fourth-order valence-corrected chi connectivity index (χ4v) is 2.03. The first-order valence-corrected chi connectivity index (χ1v) is 6.28. The Morgan fingerprint density at radius 1 is 1.10 bits per heavy atom. The van der Waals surface area contributed by atoms with Crippen LogP contribution in [0.2, 0.25) is 0 Å². The van der Waals surface area contributed by atoms with Gasteiger partial charge in [0, 0.05) is 6.54 Å². The van der Waals surface area contributed by atoms with Crippen molar-refractivity contribution in [2.45, 2.75) is 6.42 Å². The lowest BCUT2D eigenvalue weighted by Gasteiger charge is -2.07. The summed E-state index contributed by atoms with van der Waals surface area (Å²) in [5, 5.41) is 14.2. The number of carbonyl (C=O) groups is 1. The Morgan fingerprint density at radius 2 is 1.85 bits per heavy atom. The van der Waals surface area contributed by atoms with Crippen LogP contribution in [0.4, 0.5) is 0 Å². The molecule has 6 heteroatoms. The molecule has 0 radical (unpaired) electrons. The lowest BCUT2D eigenvalue weighted by molar-refractivity contribution is -0.543. The van der Waals surface area contributed by atoms with E-state index in [-0.39, 0.29) is 25.4 Å². The summed E-state index contributed by atoms with van der Waals surface area (Å²) in [5.41, 5.74) is 2.95. The Balaban J connectivity index is 1.94. The molecule has 0 fully saturated rings. The van der Waals surface area contributed by atoms with Crippen molar-refractivity contribution in [3.05, 3.63) is 58.1 Å². The highest BCUT2D eigenvalue weighted by atomic mass is 16.7. The van der Waals surface area contributed by atoms with Gasteiger partial charge in [0.15, 0.2) is 5.03 Å². The molecule has 104 valence electrons. The van der Waals surface area contributed by atoms with E-state index in [1.165, 1.54) is 0 Å². The maximum atomic E-state index is 11.8. The molecule has 0 saturated carbocycles. The van der Waals surface area contributed by atoms with Gasteiger partial charge in [-0.1, -0.05) is 42.5 Å². The second-order valence-electron chi connectivity index (χ2n) is 4.33. The average Bonchev–Trinajstić information content (AvgIpc) is 2.44. The minimum atomic E-state index is -0.628. The number of hydrogen-bond donors (Lipinski definition) is 2. The van der Waals surface area contributed by atoms with Crippen molar-refractivity contribution in [3.63, 3.8) is 0 Å². The van der Waals surface area contributed by atoms with Gasteiger partial charge in [0.1, 0.15) is 0 Å². The van der Waals surface area contributed by atoms with E-state index in [1.807, 2.05) is 47.9 Å². The van der Waals surface area contributed by atoms with Crippen LogP contribution < -0.4 is 10.7 Å². The summed E-state index contributed by atoms with van der Waals surface area (Å²) in [6.07, 6.45) is 0.264. The summed E-state index contributed by atoms with van der Waals surface area (Å²) in [6.45, 7) is 0.332. The van der Waals surface area contributed by atoms with Gasteiger partial charge in [-0.05, 0) is 16.3 Å². The standard InChI is InChI=1S/C14H15N3O3/c18-14(15-8-9-16-17(19)20)10-12-6-3-5-11-4-1-2-7-13(11)12/h1-7,16H,8-10H2,(H,15,18). The first-order valence-electron chi connectivity index (χ1n) is 6.28. The van der Waals surface area contributed by atoms with Gasteiger partial charge >= 0.3 is 0 Å². The molecule has 1 amide bonds. The molecule has 0 aliphatic heterocycles. The van der Waals surface area contributed by atoms with Crippen molar-refractivity contribution in [2.24, 2.45) is 0 Å². The molecule has 2 aromatic carbocycles. The molecule has 0 saturated heterocycles. The summed E-state index contributed by atoms with van der Waals surface area (Å²) >= 11 is 0. The SMILES string of the molecule is O=C(Cc1cccc2ccccc12)NCCN[N+](=O)[O-]. The number of nitrogens with zero attached hydrogens (tertiary/aromatic N) is 1. The van der Waals surface area contributed by atoms with Gasteiger partial charge in [-0.2, -0.15) is 0 Å². The van der Waals surface area contributed by atoms with Crippen LogP contribution in [0.1, 0.15) is 5.56 Å². The van der Waals surface area contributed by atoms with Gasteiger partial charge in [0.2, 0.25) is 5.91 Å². The zero-order valence-electron chi connectivity index (χ0n) is 10.8. The number of fused-ring (bicyclic) bond motifs is 1. The quantitative estimate of drug-likeness (QED) is 0.472. The molecule has 0 aliphatic rings. The molecule has 0 aliphatic carbocycles. The summed E-state index contributed by atoms with van der Waals surface area (Å²) in [5.74, 6) is -0.147. The Hall–Kier alpha value is -2.63. The van der Waals surface area contributed by atoms with Crippen molar-refractivity contribution in [1.29, 1.82) is 0 Å². The minimum absolute atomic E-state index is 0.105. The van der Waals surface area contributed by atoms with Crippen LogP contribution in [-0.2, 0) is 11.2 Å². The van der Waals surface area contributed by atoms with E-state index >= 15 is 0 Å². The number of nitro groups is 1. The van der Waals surface area contributed by atoms with E-state index in [2.05, 4.69) is 5.32 Å². The fraction of sp³-hybridized carbons (Fsp3) is 0.214. The number of hydrazine groups is 1. The van der Waals surface area contributed by atoms with Crippen molar-refractivity contribution < 1.29 is 9.83 Å². The van der Waals surface area contributed by atoms with Crippen molar-refractivity contribution in [1.82, 2.24) is 10.7 Å². The van der Waals surface area contributed by atoms with Crippen LogP contribution in [0.25, 0.3) is 10.8 Å². The van der Waals surface area contributed by atoms with Gasteiger partial charge in [-0.3, -0.25) is 4.79 Å². The number of rotatable bonds is 6. The molecule has 2 rings (SSSR count). The molecule has 0 spiro atoms. The Kier molecular flexibility index (Phi) is 4.49. The molecular weight excluding hydrogens is 258 g/mol. The topological polar surface area (TPSA) is 84.3 Å². The highest BCUT2D eigenvalue weighted by Gasteiger charge is 2.06. The Morgan fingerprint density at radius 3 is 2.65 bits per heavy atom. The number of amides is 1. The largest absolute Gasteiger partial charge is 0.354 e. The molecular formula is C14H15N3O3. The minimum Gasteiger partial charge on any atom is -0.354 e. The summed E-state index contributed by atoms with van der Waals surface area (Å²) in [4.78, 5) is 21.9. The van der Waals surface area contributed by atoms with E-state index in [9.17, 15) is 14.9 Å². The van der Waals surface area contributed by atoms with Crippen LogP contribution >= 0.6 is 0 Å². The van der Waals surface area contributed by atoms with Gasteiger partial charge in [0.25, 0.3) is 0 Å². The van der Waals surface area contributed by atoms with E-state index in [0.29, 0.717) is 0 Å². The first-order chi connectivity index (χ1) is 9.66. The molecule has 0 unspecified atom stereocenters. The monoisotopic (exact) mass is 273 g/mol. The zero-order valence-corrected chi connectivity index (χ0v) is 10.8.